The molecule has 2 heterocycles. The van der Waals surface area contributed by atoms with Crippen molar-refractivity contribution in [2.45, 2.75) is 83.2 Å². The van der Waals surface area contributed by atoms with Gasteiger partial charge >= 0.3 is 23.9 Å². The lowest BCUT2D eigenvalue weighted by molar-refractivity contribution is -0.262. The summed E-state index contributed by atoms with van der Waals surface area (Å²) in [5, 5.41) is 0. The number of rotatable bonds is 4. The van der Waals surface area contributed by atoms with Crippen LogP contribution in [0.15, 0.2) is 59.7 Å². The highest BCUT2D eigenvalue weighted by atomic mass is 16.8. The zero-order valence-corrected chi connectivity index (χ0v) is 22.4. The molecule has 8 heteroatoms. The predicted octanol–water partition coefficient (Wildman–Crippen LogP) is 5.33. The molecule has 39 heavy (non-hydrogen) atoms. The van der Waals surface area contributed by atoms with Crippen molar-refractivity contribution >= 4 is 29.5 Å². The normalized spacial score (nSPS) is 31.4. The summed E-state index contributed by atoms with van der Waals surface area (Å²) in [6, 6.07) is 9.26. The third-order valence-electron chi connectivity index (χ3n) is 8.39. The first kappa shape index (κ1) is 26.9. The maximum atomic E-state index is 12.9. The van der Waals surface area contributed by atoms with E-state index in [1.54, 1.807) is 6.08 Å². The van der Waals surface area contributed by atoms with Gasteiger partial charge in [0, 0.05) is 24.7 Å². The summed E-state index contributed by atoms with van der Waals surface area (Å²) in [6.07, 6.45) is 10.9. The molecule has 5 rings (SSSR count). The molecule has 2 unspecified atom stereocenters. The van der Waals surface area contributed by atoms with Crippen molar-refractivity contribution in [3.63, 3.8) is 0 Å². The van der Waals surface area contributed by atoms with Crippen LogP contribution in [-0.4, -0.2) is 35.5 Å². The Bertz CT molecular complexity index is 1210. The summed E-state index contributed by atoms with van der Waals surface area (Å²) in [4.78, 5) is 51.6. The van der Waals surface area contributed by atoms with E-state index in [1.807, 2.05) is 44.2 Å². The average molecular weight is 535 g/mol. The van der Waals surface area contributed by atoms with Crippen LogP contribution < -0.4 is 0 Å². The van der Waals surface area contributed by atoms with E-state index in [0.29, 0.717) is 18.4 Å². The van der Waals surface area contributed by atoms with Gasteiger partial charge in [-0.1, -0.05) is 69.2 Å². The maximum absolute atomic E-state index is 12.9. The van der Waals surface area contributed by atoms with E-state index in [2.05, 4.69) is 0 Å². The van der Waals surface area contributed by atoms with E-state index in [1.165, 1.54) is 12.2 Å². The molecule has 0 bridgehead atoms. The van der Waals surface area contributed by atoms with Crippen molar-refractivity contribution in [2.24, 2.45) is 11.8 Å². The number of benzene rings is 1. The van der Waals surface area contributed by atoms with Crippen molar-refractivity contribution in [1.29, 1.82) is 0 Å². The molecule has 2 aliphatic heterocycles. The van der Waals surface area contributed by atoms with Crippen LogP contribution in [0.2, 0.25) is 0 Å². The summed E-state index contributed by atoms with van der Waals surface area (Å²) in [7, 11) is 0. The third-order valence-corrected chi connectivity index (χ3v) is 8.39. The lowest BCUT2D eigenvalue weighted by Crippen LogP contribution is -2.52. The van der Waals surface area contributed by atoms with Gasteiger partial charge in [0.25, 0.3) is 11.6 Å². The Morgan fingerprint density at radius 3 is 1.72 bits per heavy atom. The fourth-order valence-electron chi connectivity index (χ4n) is 5.87. The highest BCUT2D eigenvalue weighted by Crippen LogP contribution is 2.42. The minimum atomic E-state index is -1.20. The maximum Gasteiger partial charge on any atom is 0.348 e. The standard InChI is InChI=1S/C31H34O8/c1-20-10-6-8-18-30(20)36-26(32)24(27(33)37-30)16-14-23(22-12-4-3-5-13-22)15-17-25-28(34)38-31(39-29(25)35)19-9-7-11-21(31)2/h3-5,12-14,16-17,20-21H,6-11,15,18-19H2,1-2H3. The van der Waals surface area contributed by atoms with Crippen molar-refractivity contribution < 1.29 is 38.1 Å². The number of ether oxygens (including phenoxy) is 4. The number of allylic oxidation sites excluding steroid dienone is 4. The van der Waals surface area contributed by atoms with Crippen LogP contribution in [0, 0.1) is 11.8 Å². The molecule has 2 saturated heterocycles. The van der Waals surface area contributed by atoms with E-state index >= 15 is 0 Å². The Balaban J connectivity index is 1.38. The molecule has 0 radical (unpaired) electrons. The summed E-state index contributed by atoms with van der Waals surface area (Å²) in [5.74, 6) is -5.36. The number of carbonyl (C=O) groups is 4. The Morgan fingerprint density at radius 2 is 1.23 bits per heavy atom. The SMILES string of the molecule is CC1CCCCC12OC(=O)C(=CC=C(CC=C1C(=O)OC3(CCCCC3C)OC1=O)c1ccccc1)C(=O)O2. The number of carbonyl (C=O) groups excluding carboxylic acids is 4. The summed E-state index contributed by atoms with van der Waals surface area (Å²) in [5.41, 5.74) is 1.08. The van der Waals surface area contributed by atoms with Crippen LogP contribution >= 0.6 is 0 Å². The quantitative estimate of drug-likeness (QED) is 0.290. The monoisotopic (exact) mass is 534 g/mol. The van der Waals surface area contributed by atoms with E-state index < -0.39 is 35.5 Å². The minimum absolute atomic E-state index is 0.0714. The van der Waals surface area contributed by atoms with Gasteiger partial charge in [0.15, 0.2) is 0 Å². The van der Waals surface area contributed by atoms with Crippen LogP contribution in [0.25, 0.3) is 5.57 Å². The molecular formula is C31H34O8. The molecule has 0 N–H and O–H groups in total. The zero-order valence-electron chi connectivity index (χ0n) is 22.4. The molecule has 2 atom stereocenters. The Morgan fingerprint density at radius 1 is 0.744 bits per heavy atom. The highest BCUT2D eigenvalue weighted by Gasteiger charge is 2.52. The van der Waals surface area contributed by atoms with Crippen LogP contribution in [-0.2, 0) is 38.1 Å². The second-order valence-corrected chi connectivity index (χ2v) is 10.9. The molecule has 4 aliphatic rings. The first-order valence-electron chi connectivity index (χ1n) is 13.8. The molecule has 0 aromatic heterocycles. The van der Waals surface area contributed by atoms with Crippen LogP contribution in [0.4, 0.5) is 0 Å². The van der Waals surface area contributed by atoms with E-state index in [4.69, 9.17) is 18.9 Å². The first-order chi connectivity index (χ1) is 18.7. The van der Waals surface area contributed by atoms with Gasteiger partial charge in [0.2, 0.25) is 0 Å². The molecule has 1 aromatic carbocycles. The van der Waals surface area contributed by atoms with E-state index in [0.717, 1.165) is 44.1 Å². The number of hydrogen-bond donors (Lipinski definition) is 0. The van der Waals surface area contributed by atoms with Gasteiger partial charge in [0.05, 0.1) is 0 Å². The topological polar surface area (TPSA) is 105 Å². The van der Waals surface area contributed by atoms with Gasteiger partial charge in [-0.05, 0) is 49.3 Å². The Labute approximate surface area is 228 Å². The Hall–Kier alpha value is -3.68. The molecule has 1 aromatic rings. The van der Waals surface area contributed by atoms with Gasteiger partial charge in [-0.3, -0.25) is 0 Å². The van der Waals surface area contributed by atoms with Gasteiger partial charge in [-0.15, -0.1) is 0 Å². The van der Waals surface area contributed by atoms with Gasteiger partial charge in [0.1, 0.15) is 11.1 Å². The molecule has 2 aliphatic carbocycles. The summed E-state index contributed by atoms with van der Waals surface area (Å²) < 4.78 is 22.7. The fourth-order valence-corrected chi connectivity index (χ4v) is 5.87. The molecule has 0 amide bonds. The largest absolute Gasteiger partial charge is 0.418 e. The number of hydrogen-bond acceptors (Lipinski definition) is 8. The lowest BCUT2D eigenvalue weighted by Gasteiger charge is -2.43. The number of esters is 4. The van der Waals surface area contributed by atoms with E-state index in [9.17, 15) is 19.2 Å². The van der Waals surface area contributed by atoms with Gasteiger partial charge in [-0.25, -0.2) is 19.2 Å². The van der Waals surface area contributed by atoms with Crippen LogP contribution in [0.3, 0.4) is 0 Å². The second kappa shape index (κ2) is 10.8. The molecule has 2 saturated carbocycles. The van der Waals surface area contributed by atoms with Crippen molar-refractivity contribution in [1.82, 2.24) is 0 Å². The Kier molecular flexibility index (Phi) is 7.47. The minimum Gasteiger partial charge on any atom is -0.418 e. The fraction of sp³-hybridized carbons (Fsp3) is 0.484. The molecule has 4 fully saturated rings. The molecule has 2 spiro atoms. The average Bonchev–Trinajstić information content (AvgIpc) is 2.90. The summed E-state index contributed by atoms with van der Waals surface area (Å²) in [6.45, 7) is 3.85. The van der Waals surface area contributed by atoms with Gasteiger partial charge in [-0.2, -0.15) is 0 Å². The van der Waals surface area contributed by atoms with Crippen LogP contribution in [0.1, 0.15) is 77.2 Å². The first-order valence-corrected chi connectivity index (χ1v) is 13.8. The predicted molar refractivity (Wildman–Crippen MR) is 140 cm³/mol. The van der Waals surface area contributed by atoms with Crippen molar-refractivity contribution in [3.05, 3.63) is 65.3 Å². The molecular weight excluding hydrogens is 500 g/mol. The van der Waals surface area contributed by atoms with Crippen molar-refractivity contribution in [3.8, 4) is 0 Å². The second-order valence-electron chi connectivity index (χ2n) is 10.9. The zero-order chi connectivity index (χ0) is 27.6. The smallest absolute Gasteiger partial charge is 0.348 e. The van der Waals surface area contributed by atoms with Crippen LogP contribution in [0.5, 0.6) is 0 Å². The summed E-state index contributed by atoms with van der Waals surface area (Å²) >= 11 is 0. The lowest BCUT2D eigenvalue weighted by atomic mass is 9.83. The van der Waals surface area contributed by atoms with Crippen molar-refractivity contribution in [2.75, 3.05) is 0 Å². The van der Waals surface area contributed by atoms with E-state index in [-0.39, 0.29) is 29.4 Å². The van der Waals surface area contributed by atoms with Gasteiger partial charge < -0.3 is 18.9 Å². The molecule has 8 nitrogen and oxygen atoms in total. The third kappa shape index (κ3) is 5.29. The molecule has 206 valence electrons. The highest BCUT2D eigenvalue weighted by molar-refractivity contribution is 6.16.